The van der Waals surface area contributed by atoms with Gasteiger partial charge in [0.25, 0.3) is 0 Å². The standard InChI is InChI=1S/C19H24ClN3O2S/c1-23(14-15-5-3-2-4-6-15)17-9-7-16(8-10-17)22-26(24,25)18-11-12-19(20)21-13-18/h2-6,11-13,16-17,22H,7-10,14H2,1H3/t16-,17-. The fourth-order valence-electron chi connectivity index (χ4n) is 3.44. The van der Waals surface area contributed by atoms with E-state index in [2.05, 4.69) is 45.9 Å². The second-order valence-electron chi connectivity index (χ2n) is 6.84. The average Bonchev–Trinajstić information content (AvgIpc) is 2.63. The van der Waals surface area contributed by atoms with Gasteiger partial charge in [-0.25, -0.2) is 18.1 Å². The third-order valence-corrected chi connectivity index (χ3v) is 6.66. The second kappa shape index (κ2) is 8.48. The zero-order valence-electron chi connectivity index (χ0n) is 14.8. The fourth-order valence-corrected chi connectivity index (χ4v) is 4.80. The molecule has 1 aromatic carbocycles. The Morgan fingerprint density at radius 3 is 2.42 bits per heavy atom. The Labute approximate surface area is 160 Å². The van der Waals surface area contributed by atoms with Crippen molar-refractivity contribution in [2.24, 2.45) is 0 Å². The van der Waals surface area contributed by atoms with Crippen LogP contribution >= 0.6 is 11.6 Å². The van der Waals surface area contributed by atoms with Crippen LogP contribution in [0.1, 0.15) is 31.2 Å². The van der Waals surface area contributed by atoms with Crippen LogP contribution < -0.4 is 4.72 Å². The van der Waals surface area contributed by atoms with Crippen LogP contribution in [0.3, 0.4) is 0 Å². The molecule has 1 aliphatic carbocycles. The van der Waals surface area contributed by atoms with Crippen molar-refractivity contribution in [1.82, 2.24) is 14.6 Å². The van der Waals surface area contributed by atoms with Gasteiger partial charge in [0.15, 0.2) is 0 Å². The minimum atomic E-state index is -3.55. The van der Waals surface area contributed by atoms with E-state index in [4.69, 9.17) is 11.6 Å². The number of sulfonamides is 1. The van der Waals surface area contributed by atoms with E-state index in [-0.39, 0.29) is 16.1 Å². The quantitative estimate of drug-likeness (QED) is 0.763. The normalized spacial score (nSPS) is 21.0. The lowest BCUT2D eigenvalue weighted by Gasteiger charge is -2.34. The Morgan fingerprint density at radius 1 is 1.12 bits per heavy atom. The van der Waals surface area contributed by atoms with Crippen molar-refractivity contribution in [2.45, 2.75) is 49.2 Å². The van der Waals surface area contributed by atoms with Gasteiger partial charge in [-0.05, 0) is 50.4 Å². The third-order valence-electron chi connectivity index (χ3n) is 4.93. The highest BCUT2D eigenvalue weighted by atomic mass is 35.5. The molecule has 5 nitrogen and oxygen atoms in total. The van der Waals surface area contributed by atoms with Gasteiger partial charge in [0.1, 0.15) is 10.0 Å². The Kier molecular flexibility index (Phi) is 6.29. The van der Waals surface area contributed by atoms with E-state index < -0.39 is 10.0 Å². The first-order valence-electron chi connectivity index (χ1n) is 8.82. The van der Waals surface area contributed by atoms with Crippen molar-refractivity contribution in [3.05, 3.63) is 59.4 Å². The van der Waals surface area contributed by atoms with E-state index in [1.54, 1.807) is 0 Å². The first-order valence-corrected chi connectivity index (χ1v) is 10.7. The average molecular weight is 394 g/mol. The lowest BCUT2D eigenvalue weighted by atomic mass is 9.91. The Morgan fingerprint density at radius 2 is 1.81 bits per heavy atom. The van der Waals surface area contributed by atoms with Crippen molar-refractivity contribution < 1.29 is 8.42 Å². The maximum Gasteiger partial charge on any atom is 0.242 e. The predicted octanol–water partition coefficient (Wildman–Crippen LogP) is 3.46. The molecule has 1 N–H and O–H groups in total. The van der Waals surface area contributed by atoms with E-state index >= 15 is 0 Å². The second-order valence-corrected chi connectivity index (χ2v) is 8.95. The largest absolute Gasteiger partial charge is 0.299 e. The van der Waals surface area contributed by atoms with Gasteiger partial charge in [-0.2, -0.15) is 0 Å². The summed E-state index contributed by atoms with van der Waals surface area (Å²) in [6.45, 7) is 0.915. The first kappa shape index (κ1) is 19.3. The lowest BCUT2D eigenvalue weighted by molar-refractivity contribution is 0.173. The molecular weight excluding hydrogens is 370 g/mol. The van der Waals surface area contributed by atoms with Gasteiger partial charge in [-0.3, -0.25) is 4.90 Å². The third kappa shape index (κ3) is 5.04. The summed E-state index contributed by atoms with van der Waals surface area (Å²) in [4.78, 5) is 6.38. The summed E-state index contributed by atoms with van der Waals surface area (Å²) < 4.78 is 27.7. The molecule has 1 saturated carbocycles. The molecule has 1 heterocycles. The molecule has 0 atom stereocenters. The molecule has 140 valence electrons. The zero-order chi connectivity index (χ0) is 18.6. The summed E-state index contributed by atoms with van der Waals surface area (Å²) >= 11 is 5.73. The number of nitrogens with one attached hydrogen (secondary N) is 1. The van der Waals surface area contributed by atoms with Gasteiger partial charge in [0, 0.05) is 24.8 Å². The van der Waals surface area contributed by atoms with Gasteiger partial charge in [-0.1, -0.05) is 41.9 Å². The molecule has 1 aromatic heterocycles. The van der Waals surface area contributed by atoms with Crippen LogP contribution in [-0.4, -0.2) is 37.4 Å². The summed E-state index contributed by atoms with van der Waals surface area (Å²) in [5.74, 6) is 0. The molecule has 1 fully saturated rings. The molecule has 3 rings (SSSR count). The smallest absolute Gasteiger partial charge is 0.242 e. The van der Waals surface area contributed by atoms with Crippen molar-refractivity contribution in [1.29, 1.82) is 0 Å². The first-order chi connectivity index (χ1) is 12.4. The summed E-state index contributed by atoms with van der Waals surface area (Å²) in [6, 6.07) is 13.8. The van der Waals surface area contributed by atoms with Crippen LogP contribution in [0.4, 0.5) is 0 Å². The number of aromatic nitrogens is 1. The van der Waals surface area contributed by atoms with Crippen LogP contribution in [0, 0.1) is 0 Å². The molecule has 26 heavy (non-hydrogen) atoms. The summed E-state index contributed by atoms with van der Waals surface area (Å²) in [6.07, 6.45) is 4.93. The molecule has 1 aliphatic rings. The number of nitrogens with zero attached hydrogens (tertiary/aromatic N) is 2. The van der Waals surface area contributed by atoms with E-state index in [1.165, 1.54) is 23.9 Å². The number of rotatable bonds is 6. The SMILES string of the molecule is CN(Cc1ccccc1)[C@H]1CC[C@H](NS(=O)(=O)c2ccc(Cl)nc2)CC1. The predicted molar refractivity (Wildman–Crippen MR) is 104 cm³/mol. The van der Waals surface area contributed by atoms with Crippen molar-refractivity contribution in [2.75, 3.05) is 7.05 Å². The van der Waals surface area contributed by atoms with Crippen LogP contribution in [-0.2, 0) is 16.6 Å². The highest BCUT2D eigenvalue weighted by Crippen LogP contribution is 2.25. The Balaban J connectivity index is 1.52. The molecule has 0 bridgehead atoms. The van der Waals surface area contributed by atoms with Crippen molar-refractivity contribution >= 4 is 21.6 Å². The molecule has 0 spiro atoms. The number of benzene rings is 1. The highest BCUT2D eigenvalue weighted by molar-refractivity contribution is 7.89. The monoisotopic (exact) mass is 393 g/mol. The summed E-state index contributed by atoms with van der Waals surface area (Å²) in [7, 11) is -1.41. The maximum atomic E-state index is 12.5. The molecule has 0 saturated heterocycles. The van der Waals surface area contributed by atoms with Crippen molar-refractivity contribution in [3.63, 3.8) is 0 Å². The Hall–Kier alpha value is -1.47. The number of halogens is 1. The van der Waals surface area contributed by atoms with E-state index in [0.717, 1.165) is 32.2 Å². The maximum absolute atomic E-state index is 12.5. The van der Waals surface area contributed by atoms with Crippen LogP contribution in [0.25, 0.3) is 0 Å². The number of hydrogen-bond donors (Lipinski definition) is 1. The van der Waals surface area contributed by atoms with E-state index in [9.17, 15) is 8.42 Å². The number of pyridine rings is 1. The Bertz CT molecular complexity index is 804. The van der Waals surface area contributed by atoms with Crippen molar-refractivity contribution in [3.8, 4) is 0 Å². The topological polar surface area (TPSA) is 62.3 Å². The van der Waals surface area contributed by atoms with Crippen LogP contribution in [0.5, 0.6) is 0 Å². The molecule has 0 aliphatic heterocycles. The molecule has 0 radical (unpaired) electrons. The number of hydrogen-bond acceptors (Lipinski definition) is 4. The summed E-state index contributed by atoms with van der Waals surface area (Å²) in [5.41, 5.74) is 1.30. The van der Waals surface area contributed by atoms with Crippen LogP contribution in [0.2, 0.25) is 5.15 Å². The van der Waals surface area contributed by atoms with Gasteiger partial charge in [0.05, 0.1) is 0 Å². The molecule has 2 aromatic rings. The lowest BCUT2D eigenvalue weighted by Crippen LogP contribution is -2.42. The minimum absolute atomic E-state index is 0.0305. The molecule has 0 amide bonds. The molecule has 0 unspecified atom stereocenters. The highest BCUT2D eigenvalue weighted by Gasteiger charge is 2.27. The van der Waals surface area contributed by atoms with Gasteiger partial charge >= 0.3 is 0 Å². The van der Waals surface area contributed by atoms with Gasteiger partial charge in [-0.15, -0.1) is 0 Å². The van der Waals surface area contributed by atoms with Gasteiger partial charge in [0.2, 0.25) is 10.0 Å². The summed E-state index contributed by atoms with van der Waals surface area (Å²) in [5, 5.41) is 0.283. The van der Waals surface area contributed by atoms with Gasteiger partial charge < -0.3 is 0 Å². The van der Waals surface area contributed by atoms with E-state index in [0.29, 0.717) is 6.04 Å². The van der Waals surface area contributed by atoms with E-state index in [1.807, 2.05) is 6.07 Å². The zero-order valence-corrected chi connectivity index (χ0v) is 16.4. The fraction of sp³-hybridized carbons (Fsp3) is 0.421. The molecule has 7 heteroatoms. The minimum Gasteiger partial charge on any atom is -0.299 e. The van der Waals surface area contributed by atoms with Crippen LogP contribution in [0.15, 0.2) is 53.6 Å². The molecular formula is C19H24ClN3O2S.